The van der Waals surface area contributed by atoms with Gasteiger partial charge in [0.2, 0.25) is 0 Å². The van der Waals surface area contributed by atoms with E-state index in [1.54, 1.807) is 24.3 Å². The molecule has 1 unspecified atom stereocenters. The van der Waals surface area contributed by atoms with Crippen LogP contribution in [-0.2, 0) is 0 Å². The van der Waals surface area contributed by atoms with Gasteiger partial charge in [-0.25, -0.2) is 13.2 Å². The van der Waals surface area contributed by atoms with Crippen LogP contribution in [0, 0.1) is 17.5 Å². The van der Waals surface area contributed by atoms with Crippen molar-refractivity contribution in [2.24, 2.45) is 0 Å². The Morgan fingerprint density at radius 2 is 1.38 bits per heavy atom. The van der Waals surface area contributed by atoms with Gasteiger partial charge < -0.3 is 5.11 Å². The first kappa shape index (κ1) is 13.6. The summed E-state index contributed by atoms with van der Waals surface area (Å²) in [5.74, 6) is -3.44. The Kier molecular flexibility index (Phi) is 3.39. The zero-order chi connectivity index (χ0) is 15.0. The Morgan fingerprint density at radius 1 is 0.714 bits per heavy atom. The molecule has 106 valence electrons. The van der Waals surface area contributed by atoms with Crippen molar-refractivity contribution in [3.8, 4) is 0 Å². The highest BCUT2D eigenvalue weighted by molar-refractivity contribution is 5.86. The number of hydrogen-bond donors (Lipinski definition) is 1. The van der Waals surface area contributed by atoms with Crippen molar-refractivity contribution in [2.45, 2.75) is 6.10 Å². The standard InChI is InChI=1S/C17H11F3O/c18-14-9-16(20)15(19)8-13(14)17(21)12-7-3-5-10-4-1-2-6-11(10)12/h1-9,17,21H. The van der Waals surface area contributed by atoms with Gasteiger partial charge in [-0.05, 0) is 22.4 Å². The van der Waals surface area contributed by atoms with E-state index in [-0.39, 0.29) is 5.56 Å². The molecule has 1 atom stereocenters. The van der Waals surface area contributed by atoms with E-state index in [1.807, 2.05) is 18.2 Å². The van der Waals surface area contributed by atoms with E-state index in [4.69, 9.17) is 0 Å². The van der Waals surface area contributed by atoms with Crippen molar-refractivity contribution in [1.82, 2.24) is 0 Å². The first-order chi connectivity index (χ1) is 10.1. The Labute approximate surface area is 119 Å². The monoisotopic (exact) mass is 288 g/mol. The highest BCUT2D eigenvalue weighted by Crippen LogP contribution is 2.31. The van der Waals surface area contributed by atoms with Crippen molar-refractivity contribution in [2.75, 3.05) is 0 Å². The van der Waals surface area contributed by atoms with E-state index in [0.29, 0.717) is 17.7 Å². The minimum atomic E-state index is -1.37. The van der Waals surface area contributed by atoms with E-state index in [9.17, 15) is 18.3 Å². The van der Waals surface area contributed by atoms with Crippen molar-refractivity contribution < 1.29 is 18.3 Å². The smallest absolute Gasteiger partial charge is 0.161 e. The molecule has 0 aliphatic carbocycles. The molecular formula is C17H11F3O. The van der Waals surface area contributed by atoms with E-state index in [1.165, 1.54) is 0 Å². The molecule has 3 aromatic carbocycles. The number of halogens is 3. The second-order valence-electron chi connectivity index (χ2n) is 4.76. The van der Waals surface area contributed by atoms with Crippen molar-refractivity contribution in [1.29, 1.82) is 0 Å². The Bertz CT molecular complexity index is 809. The number of hydrogen-bond acceptors (Lipinski definition) is 1. The summed E-state index contributed by atoms with van der Waals surface area (Å²) in [7, 11) is 0. The second kappa shape index (κ2) is 5.22. The maximum Gasteiger partial charge on any atom is 0.161 e. The van der Waals surface area contributed by atoms with Gasteiger partial charge in [-0.1, -0.05) is 42.5 Å². The van der Waals surface area contributed by atoms with Crippen LogP contribution in [0.15, 0.2) is 54.6 Å². The molecule has 0 heterocycles. The third-order valence-corrected chi connectivity index (χ3v) is 3.45. The minimum Gasteiger partial charge on any atom is -0.384 e. The van der Waals surface area contributed by atoms with Gasteiger partial charge in [0.25, 0.3) is 0 Å². The summed E-state index contributed by atoms with van der Waals surface area (Å²) in [6.07, 6.45) is -1.37. The number of aliphatic hydroxyl groups is 1. The first-order valence-corrected chi connectivity index (χ1v) is 6.38. The van der Waals surface area contributed by atoms with Crippen LogP contribution < -0.4 is 0 Å². The molecule has 0 aliphatic rings. The Balaban J connectivity index is 2.17. The molecule has 21 heavy (non-hydrogen) atoms. The lowest BCUT2D eigenvalue weighted by molar-refractivity contribution is 0.215. The molecule has 1 nitrogen and oxygen atoms in total. The summed E-state index contributed by atoms with van der Waals surface area (Å²) < 4.78 is 40.1. The van der Waals surface area contributed by atoms with Crippen LogP contribution in [0.4, 0.5) is 13.2 Å². The summed E-state index contributed by atoms with van der Waals surface area (Å²) >= 11 is 0. The molecule has 0 bridgehead atoms. The van der Waals surface area contributed by atoms with E-state index in [0.717, 1.165) is 10.8 Å². The number of fused-ring (bicyclic) bond motifs is 1. The highest BCUT2D eigenvalue weighted by Gasteiger charge is 2.20. The summed E-state index contributed by atoms with van der Waals surface area (Å²) in [5, 5.41) is 12.0. The largest absolute Gasteiger partial charge is 0.384 e. The molecule has 0 saturated heterocycles. The fourth-order valence-electron chi connectivity index (χ4n) is 2.40. The quantitative estimate of drug-likeness (QED) is 0.695. The predicted molar refractivity (Wildman–Crippen MR) is 74.3 cm³/mol. The molecule has 4 heteroatoms. The fraction of sp³-hybridized carbons (Fsp3) is 0.0588. The molecule has 0 saturated carbocycles. The van der Waals surface area contributed by atoms with Crippen molar-refractivity contribution in [3.63, 3.8) is 0 Å². The third kappa shape index (κ3) is 2.38. The van der Waals surface area contributed by atoms with Crippen molar-refractivity contribution in [3.05, 3.63) is 83.2 Å². The van der Waals surface area contributed by atoms with Gasteiger partial charge in [0.05, 0.1) is 0 Å². The molecule has 0 aromatic heterocycles. The normalized spacial score (nSPS) is 12.6. The first-order valence-electron chi connectivity index (χ1n) is 6.38. The van der Waals surface area contributed by atoms with Crippen LogP contribution in [-0.4, -0.2) is 5.11 Å². The molecule has 0 fully saturated rings. The molecule has 1 N–H and O–H groups in total. The maximum absolute atomic E-state index is 13.8. The molecule has 3 rings (SSSR count). The number of rotatable bonds is 2. The van der Waals surface area contributed by atoms with E-state index in [2.05, 4.69) is 0 Å². The lowest BCUT2D eigenvalue weighted by Gasteiger charge is -2.15. The minimum absolute atomic E-state index is 0.287. The zero-order valence-electron chi connectivity index (χ0n) is 10.9. The number of aliphatic hydroxyl groups excluding tert-OH is 1. The van der Waals surface area contributed by atoms with Gasteiger partial charge in [-0.15, -0.1) is 0 Å². The predicted octanol–water partition coefficient (Wildman–Crippen LogP) is 4.34. The summed E-state index contributed by atoms with van der Waals surface area (Å²) in [6.45, 7) is 0. The van der Waals surface area contributed by atoms with Gasteiger partial charge >= 0.3 is 0 Å². The second-order valence-corrected chi connectivity index (χ2v) is 4.76. The van der Waals surface area contributed by atoms with Gasteiger partial charge in [0.15, 0.2) is 11.6 Å². The topological polar surface area (TPSA) is 20.2 Å². The molecule has 0 amide bonds. The van der Waals surface area contributed by atoms with Crippen LogP contribution in [0.25, 0.3) is 10.8 Å². The van der Waals surface area contributed by atoms with Crippen LogP contribution in [0.5, 0.6) is 0 Å². The van der Waals surface area contributed by atoms with Gasteiger partial charge in [0, 0.05) is 11.6 Å². The molecular weight excluding hydrogens is 277 g/mol. The Hall–Kier alpha value is -2.33. The Morgan fingerprint density at radius 3 is 2.19 bits per heavy atom. The zero-order valence-corrected chi connectivity index (χ0v) is 10.9. The molecule has 0 aliphatic heterocycles. The summed E-state index contributed by atoms with van der Waals surface area (Å²) in [4.78, 5) is 0. The van der Waals surface area contributed by atoms with Gasteiger partial charge in [-0.2, -0.15) is 0 Å². The average molecular weight is 288 g/mol. The van der Waals surface area contributed by atoms with E-state index < -0.39 is 23.6 Å². The average Bonchev–Trinajstić information content (AvgIpc) is 2.49. The van der Waals surface area contributed by atoms with Gasteiger partial charge in [0.1, 0.15) is 11.9 Å². The van der Waals surface area contributed by atoms with E-state index >= 15 is 0 Å². The van der Waals surface area contributed by atoms with Crippen LogP contribution >= 0.6 is 0 Å². The number of benzene rings is 3. The lowest BCUT2D eigenvalue weighted by atomic mass is 9.95. The molecule has 0 spiro atoms. The van der Waals surface area contributed by atoms with Gasteiger partial charge in [-0.3, -0.25) is 0 Å². The molecule has 0 radical (unpaired) electrons. The fourth-order valence-corrected chi connectivity index (χ4v) is 2.40. The highest BCUT2D eigenvalue weighted by atomic mass is 19.2. The van der Waals surface area contributed by atoms with Crippen LogP contribution in [0.2, 0.25) is 0 Å². The summed E-state index contributed by atoms with van der Waals surface area (Å²) in [5.41, 5.74) is 0.156. The maximum atomic E-state index is 13.8. The SMILES string of the molecule is OC(c1cc(F)c(F)cc1F)c1cccc2ccccc12. The molecule has 3 aromatic rings. The van der Waals surface area contributed by atoms with Crippen LogP contribution in [0.1, 0.15) is 17.2 Å². The summed E-state index contributed by atoms with van der Waals surface area (Å²) in [6, 6.07) is 13.6. The van der Waals surface area contributed by atoms with Crippen molar-refractivity contribution >= 4 is 10.8 Å². The lowest BCUT2D eigenvalue weighted by Crippen LogP contribution is -2.05. The third-order valence-electron chi connectivity index (χ3n) is 3.45. The van der Waals surface area contributed by atoms with Crippen LogP contribution in [0.3, 0.4) is 0 Å².